The number of nitrogens with one attached hydrogen (secondary N) is 1. The minimum absolute atomic E-state index is 0.0000506. The summed E-state index contributed by atoms with van der Waals surface area (Å²) in [6, 6.07) is 10.8. The lowest BCUT2D eigenvalue weighted by Gasteiger charge is -2.32. The molecular formula is C28H27ClF3N5O. The average molecular weight is 542 g/mol. The van der Waals surface area contributed by atoms with Gasteiger partial charge in [-0.25, -0.2) is 15.0 Å². The molecule has 1 atom stereocenters. The van der Waals surface area contributed by atoms with Crippen LogP contribution in [0.25, 0.3) is 22.6 Å². The van der Waals surface area contributed by atoms with E-state index < -0.39 is 11.7 Å². The van der Waals surface area contributed by atoms with Gasteiger partial charge in [-0.2, -0.15) is 13.2 Å². The second-order valence-corrected chi connectivity index (χ2v) is 10.1. The number of carbonyl (C=O) groups is 1. The van der Waals surface area contributed by atoms with E-state index in [1.807, 2.05) is 23.6 Å². The quantitative estimate of drug-likeness (QED) is 0.239. The summed E-state index contributed by atoms with van der Waals surface area (Å²) in [6.45, 7) is 4.31. The third-order valence-electron chi connectivity index (χ3n) is 7.25. The van der Waals surface area contributed by atoms with Gasteiger partial charge in [-0.1, -0.05) is 43.1 Å². The third-order valence-corrected chi connectivity index (χ3v) is 7.58. The maximum absolute atomic E-state index is 13.2. The third kappa shape index (κ3) is 5.12. The smallest absolute Gasteiger partial charge is 0.365 e. The van der Waals surface area contributed by atoms with Gasteiger partial charge in [-0.05, 0) is 67.5 Å². The minimum Gasteiger partial charge on any atom is -0.365 e. The zero-order valence-electron chi connectivity index (χ0n) is 21.0. The summed E-state index contributed by atoms with van der Waals surface area (Å²) >= 11 is 6.63. The summed E-state index contributed by atoms with van der Waals surface area (Å²) in [4.78, 5) is 25.3. The van der Waals surface area contributed by atoms with Crippen molar-refractivity contribution in [3.05, 3.63) is 70.0 Å². The molecule has 0 amide bonds. The Hall–Kier alpha value is -3.46. The lowest BCUT2D eigenvalue weighted by atomic mass is 9.80. The highest BCUT2D eigenvalue weighted by atomic mass is 35.5. The van der Waals surface area contributed by atoms with Crippen molar-refractivity contribution in [3.8, 4) is 11.4 Å². The standard InChI is InChI=1S/C28H27ClF3N5O/c1-3-17-9-12-22(29)21(13-17)27-36-26-24(37(27)14-18-7-10-20(11-8-18)28(30,31)32)25(34-23(15-38)35-26)33-16(2)19-5-4-6-19/h7-13,15-16,19H,3-6,14H2,1-2H3,(H,33,34,35). The molecule has 1 unspecified atom stereocenters. The molecule has 0 saturated heterocycles. The molecule has 6 nitrogen and oxygen atoms in total. The Morgan fingerprint density at radius 3 is 2.42 bits per heavy atom. The highest BCUT2D eigenvalue weighted by Gasteiger charge is 2.30. The number of halogens is 4. The Morgan fingerprint density at radius 1 is 1.11 bits per heavy atom. The Morgan fingerprint density at radius 2 is 1.82 bits per heavy atom. The topological polar surface area (TPSA) is 72.7 Å². The second-order valence-electron chi connectivity index (χ2n) is 9.73. The van der Waals surface area contributed by atoms with Crippen LogP contribution in [0.4, 0.5) is 19.0 Å². The van der Waals surface area contributed by atoms with Crippen LogP contribution >= 0.6 is 11.6 Å². The number of nitrogens with zero attached hydrogens (tertiary/aromatic N) is 4. The number of anilines is 1. The molecule has 0 radical (unpaired) electrons. The molecule has 1 saturated carbocycles. The summed E-state index contributed by atoms with van der Waals surface area (Å²) in [5.74, 6) is 1.45. The van der Waals surface area contributed by atoms with Gasteiger partial charge in [-0.15, -0.1) is 0 Å². The molecule has 4 aromatic rings. The van der Waals surface area contributed by atoms with Gasteiger partial charge in [0.05, 0.1) is 10.6 Å². The van der Waals surface area contributed by atoms with Crippen molar-refractivity contribution in [3.63, 3.8) is 0 Å². The van der Waals surface area contributed by atoms with Gasteiger partial charge in [0.2, 0.25) is 0 Å². The van der Waals surface area contributed by atoms with Crippen molar-refractivity contribution in [1.82, 2.24) is 19.5 Å². The molecule has 38 heavy (non-hydrogen) atoms. The van der Waals surface area contributed by atoms with Crippen LogP contribution < -0.4 is 5.32 Å². The number of hydrogen-bond acceptors (Lipinski definition) is 5. The summed E-state index contributed by atoms with van der Waals surface area (Å²) < 4.78 is 41.4. The second kappa shape index (κ2) is 10.4. The number of fused-ring (bicyclic) bond motifs is 1. The van der Waals surface area contributed by atoms with Crippen LogP contribution in [0.5, 0.6) is 0 Å². The predicted octanol–water partition coefficient (Wildman–Crippen LogP) is 7.19. The van der Waals surface area contributed by atoms with Crippen molar-refractivity contribution >= 4 is 34.9 Å². The maximum Gasteiger partial charge on any atom is 0.416 e. The molecular weight excluding hydrogens is 515 g/mol. The number of alkyl halides is 3. The van der Waals surface area contributed by atoms with Crippen LogP contribution in [0.15, 0.2) is 42.5 Å². The van der Waals surface area contributed by atoms with Gasteiger partial charge in [0, 0.05) is 18.2 Å². The number of hydrogen-bond donors (Lipinski definition) is 1. The number of aromatic nitrogens is 4. The summed E-state index contributed by atoms with van der Waals surface area (Å²) in [7, 11) is 0. The minimum atomic E-state index is -4.42. The molecule has 1 aliphatic carbocycles. The molecule has 1 N–H and O–H groups in total. The first-order valence-electron chi connectivity index (χ1n) is 12.6. The molecule has 2 aromatic carbocycles. The Labute approximate surface area is 223 Å². The van der Waals surface area contributed by atoms with Crippen molar-refractivity contribution in [2.75, 3.05) is 5.32 Å². The van der Waals surface area contributed by atoms with Gasteiger partial charge in [0.25, 0.3) is 0 Å². The van der Waals surface area contributed by atoms with Crippen molar-refractivity contribution in [2.24, 2.45) is 5.92 Å². The number of rotatable bonds is 8. The van der Waals surface area contributed by atoms with Gasteiger partial charge < -0.3 is 9.88 Å². The first kappa shape index (κ1) is 26.2. The molecule has 2 heterocycles. The molecule has 0 bridgehead atoms. The maximum atomic E-state index is 13.2. The Kier molecular flexibility index (Phi) is 7.13. The number of imidazole rings is 1. The van der Waals surface area contributed by atoms with Crippen LogP contribution in [-0.2, 0) is 19.1 Å². The monoisotopic (exact) mass is 541 g/mol. The zero-order chi connectivity index (χ0) is 27.0. The molecule has 0 aliphatic heterocycles. The summed E-state index contributed by atoms with van der Waals surface area (Å²) in [5.41, 5.74) is 2.51. The zero-order valence-corrected chi connectivity index (χ0v) is 21.8. The molecule has 10 heteroatoms. The van der Waals surface area contributed by atoms with Crippen LogP contribution in [0.3, 0.4) is 0 Å². The summed E-state index contributed by atoms with van der Waals surface area (Å²) in [6.07, 6.45) is 0.337. The fraction of sp³-hybridized carbons (Fsp3) is 0.357. The van der Waals surface area contributed by atoms with E-state index in [-0.39, 0.29) is 18.4 Å². The van der Waals surface area contributed by atoms with Crippen LogP contribution in [0.1, 0.15) is 60.4 Å². The van der Waals surface area contributed by atoms with E-state index in [0.29, 0.717) is 51.2 Å². The summed E-state index contributed by atoms with van der Waals surface area (Å²) in [5, 5.41) is 3.94. The highest BCUT2D eigenvalue weighted by molar-refractivity contribution is 6.33. The molecule has 5 rings (SSSR count). The van der Waals surface area contributed by atoms with E-state index in [1.54, 1.807) is 6.07 Å². The fourth-order valence-corrected chi connectivity index (χ4v) is 4.99. The Balaban J connectivity index is 1.69. The van der Waals surface area contributed by atoms with Gasteiger partial charge in [0.1, 0.15) is 11.3 Å². The lowest BCUT2D eigenvalue weighted by molar-refractivity contribution is -0.137. The van der Waals surface area contributed by atoms with Crippen LogP contribution in [0.2, 0.25) is 5.02 Å². The van der Waals surface area contributed by atoms with Crippen molar-refractivity contribution < 1.29 is 18.0 Å². The molecule has 0 spiro atoms. The van der Waals surface area contributed by atoms with E-state index in [2.05, 4.69) is 22.2 Å². The van der Waals surface area contributed by atoms with Crippen LogP contribution in [0, 0.1) is 5.92 Å². The first-order valence-corrected chi connectivity index (χ1v) is 13.0. The lowest BCUT2D eigenvalue weighted by Crippen LogP contribution is -2.31. The average Bonchev–Trinajstić information content (AvgIpc) is 3.21. The highest BCUT2D eigenvalue weighted by Crippen LogP contribution is 2.36. The van der Waals surface area contributed by atoms with E-state index in [9.17, 15) is 18.0 Å². The molecule has 2 aromatic heterocycles. The van der Waals surface area contributed by atoms with Gasteiger partial charge in [0.15, 0.2) is 23.6 Å². The van der Waals surface area contributed by atoms with Gasteiger partial charge in [-0.3, -0.25) is 4.79 Å². The molecule has 198 valence electrons. The van der Waals surface area contributed by atoms with Crippen LogP contribution in [-0.4, -0.2) is 31.8 Å². The SMILES string of the molecule is CCc1ccc(Cl)c(-c2nc3nc(C=O)nc(NC(C)C4CCC4)c3n2Cc2ccc(C(F)(F)F)cc2)c1. The first-order chi connectivity index (χ1) is 18.2. The fourth-order valence-electron chi connectivity index (χ4n) is 4.78. The number of aldehydes is 1. The Bertz CT molecular complexity index is 1480. The normalized spacial score (nSPS) is 14.9. The number of benzene rings is 2. The van der Waals surface area contributed by atoms with E-state index in [1.165, 1.54) is 18.6 Å². The van der Waals surface area contributed by atoms with Crippen molar-refractivity contribution in [2.45, 2.75) is 58.3 Å². The largest absolute Gasteiger partial charge is 0.416 e. The van der Waals surface area contributed by atoms with E-state index in [4.69, 9.17) is 16.6 Å². The number of carbonyl (C=O) groups excluding carboxylic acids is 1. The predicted molar refractivity (Wildman–Crippen MR) is 142 cm³/mol. The molecule has 1 fully saturated rings. The van der Waals surface area contributed by atoms with Gasteiger partial charge >= 0.3 is 6.18 Å². The van der Waals surface area contributed by atoms with Crippen molar-refractivity contribution in [1.29, 1.82) is 0 Å². The van der Waals surface area contributed by atoms with E-state index in [0.717, 1.165) is 37.0 Å². The van der Waals surface area contributed by atoms with E-state index >= 15 is 0 Å². The molecule has 1 aliphatic rings. The number of aryl methyl sites for hydroxylation is 1.